The molecule has 2 fully saturated rings. The van der Waals surface area contributed by atoms with Crippen LogP contribution in [0.25, 0.3) is 0 Å². The van der Waals surface area contributed by atoms with E-state index in [9.17, 15) is 9.59 Å². The van der Waals surface area contributed by atoms with Gasteiger partial charge in [-0.05, 0) is 51.7 Å². The van der Waals surface area contributed by atoms with E-state index in [4.69, 9.17) is 4.52 Å². The molecule has 0 unspecified atom stereocenters. The van der Waals surface area contributed by atoms with Crippen molar-refractivity contribution in [1.82, 2.24) is 20.4 Å². The molecule has 4 rings (SSSR count). The van der Waals surface area contributed by atoms with Crippen LogP contribution in [-0.2, 0) is 10.2 Å². The van der Waals surface area contributed by atoms with Gasteiger partial charge in [0.15, 0.2) is 5.82 Å². The first kappa shape index (κ1) is 20.6. The molecule has 160 valence electrons. The number of rotatable bonds is 4. The first-order chi connectivity index (χ1) is 14.2. The van der Waals surface area contributed by atoms with E-state index in [1.165, 1.54) is 0 Å². The molecule has 3 atom stereocenters. The summed E-state index contributed by atoms with van der Waals surface area (Å²) < 4.78 is 5.60. The molecular weight excluding hydrogens is 380 g/mol. The molecule has 0 bridgehead atoms. The van der Waals surface area contributed by atoms with Crippen molar-refractivity contribution in [1.29, 1.82) is 0 Å². The summed E-state index contributed by atoms with van der Waals surface area (Å²) in [4.78, 5) is 32.0. The molecule has 1 aromatic heterocycles. The van der Waals surface area contributed by atoms with E-state index in [1.807, 2.05) is 44.7 Å². The van der Waals surface area contributed by atoms with E-state index < -0.39 is 5.41 Å². The van der Waals surface area contributed by atoms with Crippen molar-refractivity contribution in [3.8, 4) is 0 Å². The van der Waals surface area contributed by atoms with E-state index in [-0.39, 0.29) is 29.7 Å². The van der Waals surface area contributed by atoms with Crippen LogP contribution >= 0.6 is 0 Å². The quantitative estimate of drug-likeness (QED) is 0.837. The Hall–Kier alpha value is -2.70. The largest absolute Gasteiger partial charge is 0.349 e. The lowest BCUT2D eigenvalue weighted by molar-refractivity contribution is -0.133. The minimum Gasteiger partial charge on any atom is -0.349 e. The van der Waals surface area contributed by atoms with Gasteiger partial charge in [-0.1, -0.05) is 36.2 Å². The highest BCUT2D eigenvalue weighted by Gasteiger charge is 2.58. The molecule has 30 heavy (non-hydrogen) atoms. The summed E-state index contributed by atoms with van der Waals surface area (Å²) in [6.07, 6.45) is 1.48. The predicted molar refractivity (Wildman–Crippen MR) is 112 cm³/mol. The molecule has 2 amide bonds. The molecule has 0 spiro atoms. The topological polar surface area (TPSA) is 88.3 Å². The number of likely N-dealkylation sites (tertiary alicyclic amines) is 1. The van der Waals surface area contributed by atoms with Crippen LogP contribution in [0.4, 0.5) is 0 Å². The maximum atomic E-state index is 12.9. The highest BCUT2D eigenvalue weighted by molar-refractivity contribution is 5.94. The van der Waals surface area contributed by atoms with E-state index in [0.717, 1.165) is 17.5 Å². The summed E-state index contributed by atoms with van der Waals surface area (Å²) in [6.45, 7) is 10.9. The van der Waals surface area contributed by atoms with Crippen LogP contribution in [0.5, 0.6) is 0 Å². The lowest BCUT2D eigenvalue weighted by Crippen LogP contribution is -2.40. The number of fused-ring (bicyclic) bond motifs is 1. The van der Waals surface area contributed by atoms with Gasteiger partial charge in [0, 0.05) is 30.6 Å². The number of aromatic nitrogens is 2. The smallest absolute Gasteiger partial charge is 0.251 e. The van der Waals surface area contributed by atoms with Gasteiger partial charge in [-0.25, -0.2) is 0 Å². The minimum absolute atomic E-state index is 0.00632. The number of benzene rings is 1. The molecule has 7 heteroatoms. The standard InChI is InChI=1S/C23H30N4O3/c1-13(2)21(29)27-11-18-9-19(10-23(18,12-27)22-24-16(5)26-30-22)25-20(28)17-7-14(3)6-15(4)8-17/h6-8,13,18-19H,9-12H2,1-5H3,(H,25,28)/t18-,19+,23-/m0/s1. The SMILES string of the molecule is Cc1cc(C)cc(C(=O)N[C@@H]2C[C@H]3CN(C(=O)C(C)C)C[C@@]3(c3nc(C)no3)C2)c1. The Morgan fingerprint density at radius 2 is 1.90 bits per heavy atom. The van der Waals surface area contributed by atoms with Crippen LogP contribution in [0.2, 0.25) is 0 Å². The molecule has 1 aromatic carbocycles. The zero-order chi connectivity index (χ0) is 21.6. The van der Waals surface area contributed by atoms with Crippen molar-refractivity contribution >= 4 is 11.8 Å². The third-order valence-corrected chi connectivity index (χ3v) is 6.45. The van der Waals surface area contributed by atoms with Crippen LogP contribution in [0.15, 0.2) is 22.7 Å². The van der Waals surface area contributed by atoms with Gasteiger partial charge in [0.25, 0.3) is 5.91 Å². The molecular formula is C23H30N4O3. The van der Waals surface area contributed by atoms with Crippen LogP contribution in [0, 0.1) is 32.6 Å². The number of carbonyl (C=O) groups is 2. The van der Waals surface area contributed by atoms with Crippen molar-refractivity contribution < 1.29 is 14.1 Å². The van der Waals surface area contributed by atoms with Crippen LogP contribution in [-0.4, -0.2) is 46.0 Å². The number of nitrogens with one attached hydrogen (secondary N) is 1. The number of nitrogens with zero attached hydrogens (tertiary/aromatic N) is 3. The normalized spacial score (nSPS) is 25.6. The Labute approximate surface area is 177 Å². The predicted octanol–water partition coefficient (Wildman–Crippen LogP) is 2.94. The van der Waals surface area contributed by atoms with Crippen molar-refractivity contribution in [3.63, 3.8) is 0 Å². The number of hydrogen-bond acceptors (Lipinski definition) is 5. The summed E-state index contributed by atoms with van der Waals surface area (Å²) in [5.74, 6) is 1.41. The highest BCUT2D eigenvalue weighted by atomic mass is 16.5. The Morgan fingerprint density at radius 3 is 2.50 bits per heavy atom. The van der Waals surface area contributed by atoms with E-state index in [0.29, 0.717) is 36.8 Å². The molecule has 1 saturated heterocycles. The lowest BCUT2D eigenvalue weighted by Gasteiger charge is -2.26. The summed E-state index contributed by atoms with van der Waals surface area (Å²) in [7, 11) is 0. The number of hydrogen-bond donors (Lipinski definition) is 1. The van der Waals surface area contributed by atoms with Gasteiger partial charge in [-0.2, -0.15) is 4.98 Å². The number of carbonyl (C=O) groups excluding carboxylic acids is 2. The molecule has 1 aliphatic heterocycles. The fraction of sp³-hybridized carbons (Fsp3) is 0.565. The molecule has 2 aliphatic rings. The first-order valence-electron chi connectivity index (χ1n) is 10.7. The molecule has 1 aliphatic carbocycles. The maximum Gasteiger partial charge on any atom is 0.251 e. The lowest BCUT2D eigenvalue weighted by atomic mass is 9.80. The summed E-state index contributed by atoms with van der Waals surface area (Å²) in [5.41, 5.74) is 2.43. The Kier molecular flexibility index (Phi) is 5.16. The molecule has 2 heterocycles. The Morgan fingerprint density at radius 1 is 1.20 bits per heavy atom. The van der Waals surface area contributed by atoms with Crippen LogP contribution in [0.3, 0.4) is 0 Å². The van der Waals surface area contributed by atoms with E-state index in [2.05, 4.69) is 21.5 Å². The second-order valence-electron chi connectivity index (χ2n) is 9.36. The van der Waals surface area contributed by atoms with Gasteiger partial charge in [0.1, 0.15) is 0 Å². The number of aryl methyl sites for hydroxylation is 3. The van der Waals surface area contributed by atoms with Crippen molar-refractivity contribution in [2.24, 2.45) is 11.8 Å². The summed E-state index contributed by atoms with van der Waals surface area (Å²) >= 11 is 0. The summed E-state index contributed by atoms with van der Waals surface area (Å²) in [5, 5.41) is 7.21. The average Bonchev–Trinajstić information content (AvgIpc) is 3.32. The third-order valence-electron chi connectivity index (χ3n) is 6.45. The average molecular weight is 411 g/mol. The van der Waals surface area contributed by atoms with Crippen molar-refractivity contribution in [3.05, 3.63) is 46.6 Å². The minimum atomic E-state index is -0.397. The van der Waals surface area contributed by atoms with Gasteiger partial charge in [0.05, 0.1) is 5.41 Å². The van der Waals surface area contributed by atoms with Gasteiger partial charge < -0.3 is 14.7 Å². The summed E-state index contributed by atoms with van der Waals surface area (Å²) in [6, 6.07) is 5.90. The van der Waals surface area contributed by atoms with Crippen LogP contribution < -0.4 is 5.32 Å². The number of amides is 2. The Balaban J connectivity index is 1.56. The molecule has 7 nitrogen and oxygen atoms in total. The van der Waals surface area contributed by atoms with E-state index in [1.54, 1.807) is 6.92 Å². The first-order valence-corrected chi connectivity index (χ1v) is 10.7. The third kappa shape index (κ3) is 3.61. The highest BCUT2D eigenvalue weighted by Crippen LogP contribution is 2.50. The van der Waals surface area contributed by atoms with Crippen molar-refractivity contribution in [2.75, 3.05) is 13.1 Å². The Bertz CT molecular complexity index is 962. The molecule has 0 radical (unpaired) electrons. The van der Waals surface area contributed by atoms with Gasteiger partial charge in [0.2, 0.25) is 11.8 Å². The zero-order valence-corrected chi connectivity index (χ0v) is 18.4. The fourth-order valence-corrected chi connectivity index (χ4v) is 5.22. The molecule has 2 aromatic rings. The molecule has 1 saturated carbocycles. The van der Waals surface area contributed by atoms with Gasteiger partial charge in [-0.3, -0.25) is 9.59 Å². The van der Waals surface area contributed by atoms with Gasteiger partial charge in [-0.15, -0.1) is 0 Å². The van der Waals surface area contributed by atoms with E-state index >= 15 is 0 Å². The monoisotopic (exact) mass is 410 g/mol. The second kappa shape index (κ2) is 7.52. The fourth-order valence-electron chi connectivity index (χ4n) is 5.22. The van der Waals surface area contributed by atoms with Crippen molar-refractivity contribution in [2.45, 2.75) is 58.9 Å². The molecule has 1 N–H and O–H groups in total. The van der Waals surface area contributed by atoms with Crippen LogP contribution in [0.1, 0.15) is 59.9 Å². The van der Waals surface area contributed by atoms with Gasteiger partial charge >= 0.3 is 0 Å². The maximum absolute atomic E-state index is 12.9. The zero-order valence-electron chi connectivity index (χ0n) is 18.4. The second-order valence-corrected chi connectivity index (χ2v) is 9.36.